The molecule has 5 nitrogen and oxygen atoms in total. The molecule has 0 amide bonds. The van der Waals surface area contributed by atoms with Crippen molar-refractivity contribution in [3.8, 4) is 0 Å². The molecule has 0 heterocycles. The molecule has 0 saturated carbocycles. The van der Waals surface area contributed by atoms with Crippen LogP contribution in [0.15, 0.2) is 24.3 Å². The third-order valence-electron chi connectivity index (χ3n) is 7.43. The van der Waals surface area contributed by atoms with Crippen molar-refractivity contribution in [1.82, 2.24) is 0 Å². The van der Waals surface area contributed by atoms with Crippen molar-refractivity contribution in [2.24, 2.45) is 11.5 Å². The predicted octanol–water partition coefficient (Wildman–Crippen LogP) is 12.0. The highest BCUT2D eigenvalue weighted by Crippen LogP contribution is 2.35. The summed E-state index contributed by atoms with van der Waals surface area (Å²) in [6.07, 6.45) is 47.8. The maximum Gasteiger partial charge on any atom is 0.507 e. The van der Waals surface area contributed by atoms with Gasteiger partial charge < -0.3 is 11.5 Å². The largest absolute Gasteiger partial charge is 0.507 e. The lowest BCUT2D eigenvalue weighted by molar-refractivity contribution is 0.322. The summed E-state index contributed by atoms with van der Waals surface area (Å²) in [7, 11) is -5.14. The molecule has 260 valence electrons. The molecular weight excluding hydrogens is 558 g/mol. The summed E-state index contributed by atoms with van der Waals surface area (Å²) in [5.74, 6) is 0. The summed E-state index contributed by atoms with van der Waals surface area (Å²) in [4.78, 5) is 13.9. The topological polar surface area (TPSA) is 110 Å². The summed E-state index contributed by atoms with van der Waals surface area (Å²) < 4.78 is 19.0. The Morgan fingerprint density at radius 3 is 0.837 bits per heavy atom. The van der Waals surface area contributed by atoms with Gasteiger partial charge in [0.05, 0.1) is 0 Å². The summed E-state index contributed by atoms with van der Waals surface area (Å²) in [5, 5.41) is 0. The number of halogens is 1. The molecule has 0 aliphatic heterocycles. The quantitative estimate of drug-likeness (QED) is 0.0357. The zero-order chi connectivity index (χ0) is 32.5. The molecular formula is C36H76FN2O3P. The second-order valence-electron chi connectivity index (χ2n) is 11.9. The molecule has 0 atom stereocenters. The van der Waals surface area contributed by atoms with Gasteiger partial charge in [-0.15, -0.1) is 4.20 Å². The molecule has 0 rings (SSSR count). The summed E-state index contributed by atoms with van der Waals surface area (Å²) in [6, 6.07) is 0. The van der Waals surface area contributed by atoms with Gasteiger partial charge in [0, 0.05) is 0 Å². The minimum atomic E-state index is -5.14. The molecule has 43 heavy (non-hydrogen) atoms. The molecule has 0 aromatic heterocycles. The summed E-state index contributed by atoms with van der Waals surface area (Å²) in [5.41, 5.74) is 10.9. The first kappa shape index (κ1) is 46.9. The van der Waals surface area contributed by atoms with E-state index in [1.54, 1.807) is 0 Å². The van der Waals surface area contributed by atoms with Crippen LogP contribution in [0.1, 0.15) is 194 Å². The number of hydrogen-bond donors (Lipinski definition) is 4. The molecule has 0 fully saturated rings. The molecule has 0 spiro atoms. The zero-order valence-corrected chi connectivity index (χ0v) is 29.7. The SMILES string of the molecule is CCCCCCCC/C=C\CCCCCCCCN.CCCCCCCC/C=C\CCCCCCCCN.O=P(O)(O)F. The van der Waals surface area contributed by atoms with E-state index in [0.717, 1.165) is 13.1 Å². The Morgan fingerprint density at radius 1 is 0.442 bits per heavy atom. The van der Waals surface area contributed by atoms with Crippen LogP contribution in [0.5, 0.6) is 0 Å². The third-order valence-corrected chi connectivity index (χ3v) is 7.43. The standard InChI is InChI=1S/2C18H37N.FH2O3P/c2*1-2-3-4-5-6-7-8-9-10-11-12-13-14-15-16-17-18-19;1-5(2,3)4/h2*9-10H,2-8,11-19H2,1H3;(H2,2,3,4)/b2*10-9-;. The van der Waals surface area contributed by atoms with Crippen molar-refractivity contribution < 1.29 is 18.5 Å². The highest BCUT2D eigenvalue weighted by Gasteiger charge is 2.04. The zero-order valence-electron chi connectivity index (χ0n) is 28.8. The number of unbranched alkanes of at least 4 members (excludes halogenated alkanes) is 24. The van der Waals surface area contributed by atoms with E-state index in [1.807, 2.05) is 0 Å². The fraction of sp³-hybridized carbons (Fsp3) is 0.889. The molecule has 6 N–H and O–H groups in total. The van der Waals surface area contributed by atoms with Gasteiger partial charge in [0.15, 0.2) is 0 Å². The van der Waals surface area contributed by atoms with Crippen LogP contribution in [0.3, 0.4) is 0 Å². The van der Waals surface area contributed by atoms with Gasteiger partial charge >= 0.3 is 7.91 Å². The first-order valence-corrected chi connectivity index (χ1v) is 19.8. The van der Waals surface area contributed by atoms with Crippen molar-refractivity contribution in [2.45, 2.75) is 194 Å². The number of hydrogen-bond acceptors (Lipinski definition) is 3. The first-order valence-electron chi connectivity index (χ1n) is 18.3. The molecule has 0 aromatic rings. The van der Waals surface area contributed by atoms with Crippen LogP contribution in [0.25, 0.3) is 0 Å². The highest BCUT2D eigenvalue weighted by atomic mass is 31.2. The van der Waals surface area contributed by atoms with Crippen LogP contribution < -0.4 is 11.5 Å². The summed E-state index contributed by atoms with van der Waals surface area (Å²) in [6.45, 7) is 6.28. The van der Waals surface area contributed by atoms with Gasteiger partial charge in [0.2, 0.25) is 0 Å². The average molecular weight is 635 g/mol. The normalized spacial score (nSPS) is 11.5. The average Bonchev–Trinajstić information content (AvgIpc) is 2.97. The second kappa shape index (κ2) is 43.6. The van der Waals surface area contributed by atoms with Crippen molar-refractivity contribution >= 4 is 7.91 Å². The van der Waals surface area contributed by atoms with E-state index >= 15 is 0 Å². The van der Waals surface area contributed by atoms with Crippen LogP contribution in [0, 0.1) is 0 Å². The van der Waals surface area contributed by atoms with Crippen molar-refractivity contribution in [3.05, 3.63) is 24.3 Å². The smallest absolute Gasteiger partial charge is 0.330 e. The Balaban J connectivity index is -0.000000642. The lowest BCUT2D eigenvalue weighted by Gasteiger charge is -1.99. The molecule has 0 unspecified atom stereocenters. The Labute approximate surface area is 268 Å². The van der Waals surface area contributed by atoms with Crippen LogP contribution in [-0.2, 0) is 4.57 Å². The van der Waals surface area contributed by atoms with Gasteiger partial charge in [-0.05, 0) is 77.3 Å². The van der Waals surface area contributed by atoms with Crippen molar-refractivity contribution in [1.29, 1.82) is 0 Å². The number of rotatable bonds is 30. The van der Waals surface area contributed by atoms with E-state index < -0.39 is 7.91 Å². The fourth-order valence-corrected chi connectivity index (χ4v) is 4.78. The first-order chi connectivity index (χ1) is 20.8. The Hall–Kier alpha value is -0.520. The highest BCUT2D eigenvalue weighted by molar-refractivity contribution is 7.45. The lowest BCUT2D eigenvalue weighted by Crippen LogP contribution is -1.97. The maximum atomic E-state index is 10.4. The van der Waals surface area contributed by atoms with Crippen LogP contribution in [0.2, 0.25) is 0 Å². The van der Waals surface area contributed by atoms with Gasteiger partial charge in [0.1, 0.15) is 0 Å². The van der Waals surface area contributed by atoms with Crippen molar-refractivity contribution in [2.75, 3.05) is 13.1 Å². The van der Waals surface area contributed by atoms with E-state index in [9.17, 15) is 4.20 Å². The second-order valence-corrected chi connectivity index (χ2v) is 12.9. The maximum absolute atomic E-state index is 10.4. The lowest BCUT2D eigenvalue weighted by atomic mass is 10.1. The molecule has 0 saturated heterocycles. The van der Waals surface area contributed by atoms with Gasteiger partial charge in [-0.2, -0.15) is 0 Å². The Kier molecular flexibility index (Phi) is 47.6. The Morgan fingerprint density at radius 2 is 0.628 bits per heavy atom. The Bertz CT molecular complexity index is 537. The molecule has 0 radical (unpaired) electrons. The van der Waals surface area contributed by atoms with Crippen LogP contribution in [0.4, 0.5) is 4.20 Å². The van der Waals surface area contributed by atoms with Crippen molar-refractivity contribution in [3.63, 3.8) is 0 Å². The fourth-order valence-electron chi connectivity index (χ4n) is 4.78. The molecule has 0 aliphatic rings. The molecule has 0 aliphatic carbocycles. The van der Waals surface area contributed by atoms with Gasteiger partial charge in [-0.3, -0.25) is 9.79 Å². The van der Waals surface area contributed by atoms with E-state index in [2.05, 4.69) is 38.2 Å². The molecule has 0 aromatic carbocycles. The van der Waals surface area contributed by atoms with E-state index in [0.29, 0.717) is 0 Å². The monoisotopic (exact) mass is 635 g/mol. The number of nitrogens with two attached hydrogens (primary N) is 2. The number of allylic oxidation sites excluding steroid dienone is 4. The van der Waals surface area contributed by atoms with Gasteiger partial charge in [-0.25, -0.2) is 4.57 Å². The van der Waals surface area contributed by atoms with E-state index in [4.69, 9.17) is 25.8 Å². The molecule has 0 bridgehead atoms. The minimum absolute atomic E-state index is 0.862. The van der Waals surface area contributed by atoms with E-state index in [1.165, 1.54) is 180 Å². The van der Waals surface area contributed by atoms with Crippen LogP contribution in [-0.4, -0.2) is 22.9 Å². The predicted molar refractivity (Wildman–Crippen MR) is 190 cm³/mol. The van der Waals surface area contributed by atoms with Gasteiger partial charge in [-0.1, -0.05) is 154 Å². The van der Waals surface area contributed by atoms with Crippen LogP contribution >= 0.6 is 7.91 Å². The van der Waals surface area contributed by atoms with E-state index in [-0.39, 0.29) is 0 Å². The summed E-state index contributed by atoms with van der Waals surface area (Å²) >= 11 is 0. The molecule has 7 heteroatoms. The van der Waals surface area contributed by atoms with Gasteiger partial charge in [0.25, 0.3) is 0 Å². The third kappa shape index (κ3) is 65.2. The minimum Gasteiger partial charge on any atom is -0.330 e.